The van der Waals surface area contributed by atoms with Gasteiger partial charge in [0.2, 0.25) is 0 Å². The van der Waals surface area contributed by atoms with Gasteiger partial charge in [0.1, 0.15) is 0 Å². The van der Waals surface area contributed by atoms with Crippen LogP contribution in [0.4, 0.5) is 0 Å². The third-order valence-corrected chi connectivity index (χ3v) is 5.51. The zero-order chi connectivity index (χ0) is 23.8. The van der Waals surface area contributed by atoms with Gasteiger partial charge in [0.05, 0.1) is 18.8 Å². The van der Waals surface area contributed by atoms with E-state index in [2.05, 4.69) is 44.2 Å². The average Bonchev–Trinajstić information content (AvgIpc) is 2.83. The van der Waals surface area contributed by atoms with Crippen molar-refractivity contribution in [3.8, 4) is 17.6 Å². The van der Waals surface area contributed by atoms with Crippen LogP contribution in [-0.2, 0) is 11.2 Å². The number of carbonyl (C=O) groups is 1. The van der Waals surface area contributed by atoms with E-state index >= 15 is 0 Å². The average molecular weight is 460 g/mol. The van der Waals surface area contributed by atoms with Crippen LogP contribution in [0.15, 0.2) is 66.7 Å². The van der Waals surface area contributed by atoms with E-state index < -0.39 is 0 Å². The third-order valence-electron chi connectivity index (χ3n) is 5.26. The van der Waals surface area contributed by atoms with Gasteiger partial charge in [-0.2, -0.15) is 5.26 Å². The van der Waals surface area contributed by atoms with E-state index in [-0.39, 0.29) is 12.4 Å². The standard InChI is InChI=1S/C28H26ClNO3/c1-19(2)22-8-4-20(5-9-22)7-15-28(31)33-26-14-6-21(17-27(26)32-3)16-24(18-30)23-10-12-25(29)13-11-23/h4-6,8-14,16-17,19H,7,15H2,1-3H3/b24-16+. The number of ether oxygens (including phenoxy) is 2. The van der Waals surface area contributed by atoms with Crippen molar-refractivity contribution in [2.45, 2.75) is 32.6 Å². The Morgan fingerprint density at radius 1 is 1.03 bits per heavy atom. The summed E-state index contributed by atoms with van der Waals surface area (Å²) < 4.78 is 11.0. The zero-order valence-corrected chi connectivity index (χ0v) is 19.7. The van der Waals surface area contributed by atoms with Crippen LogP contribution in [0.3, 0.4) is 0 Å². The van der Waals surface area contributed by atoms with Gasteiger partial charge in [0.25, 0.3) is 0 Å². The lowest BCUT2D eigenvalue weighted by Crippen LogP contribution is -2.10. The number of aryl methyl sites for hydroxylation is 1. The number of benzene rings is 3. The van der Waals surface area contributed by atoms with E-state index in [0.717, 1.165) is 16.7 Å². The van der Waals surface area contributed by atoms with E-state index in [1.54, 1.807) is 48.5 Å². The maximum atomic E-state index is 12.4. The van der Waals surface area contributed by atoms with Gasteiger partial charge in [-0.15, -0.1) is 0 Å². The topological polar surface area (TPSA) is 59.3 Å². The quantitative estimate of drug-likeness (QED) is 0.156. The fourth-order valence-electron chi connectivity index (χ4n) is 3.32. The molecule has 0 bridgehead atoms. The lowest BCUT2D eigenvalue weighted by atomic mass is 10.0. The highest BCUT2D eigenvalue weighted by molar-refractivity contribution is 6.30. The van der Waals surface area contributed by atoms with Crippen LogP contribution in [0.5, 0.6) is 11.5 Å². The highest BCUT2D eigenvalue weighted by atomic mass is 35.5. The molecule has 0 atom stereocenters. The second-order valence-corrected chi connectivity index (χ2v) is 8.39. The molecule has 0 saturated heterocycles. The number of methoxy groups -OCH3 is 1. The first-order valence-corrected chi connectivity index (χ1v) is 11.1. The normalized spacial score (nSPS) is 11.2. The third kappa shape index (κ3) is 6.71. The van der Waals surface area contributed by atoms with E-state index in [0.29, 0.717) is 34.4 Å². The number of hydrogen-bond acceptors (Lipinski definition) is 4. The van der Waals surface area contributed by atoms with Gasteiger partial charge in [-0.25, -0.2) is 0 Å². The Bertz CT molecular complexity index is 1170. The second-order valence-electron chi connectivity index (χ2n) is 7.96. The highest BCUT2D eigenvalue weighted by Gasteiger charge is 2.12. The minimum absolute atomic E-state index is 0.265. The molecule has 4 nitrogen and oxygen atoms in total. The molecule has 0 radical (unpaired) electrons. The van der Waals surface area contributed by atoms with Gasteiger partial charge in [0, 0.05) is 11.4 Å². The van der Waals surface area contributed by atoms with Crippen LogP contribution >= 0.6 is 11.6 Å². The summed E-state index contributed by atoms with van der Waals surface area (Å²) in [4.78, 5) is 12.4. The summed E-state index contributed by atoms with van der Waals surface area (Å²) in [6, 6.07) is 22.8. The van der Waals surface area contributed by atoms with E-state index in [4.69, 9.17) is 21.1 Å². The Morgan fingerprint density at radius 2 is 1.73 bits per heavy atom. The van der Waals surface area contributed by atoms with Crippen molar-refractivity contribution in [3.63, 3.8) is 0 Å². The minimum Gasteiger partial charge on any atom is -0.493 e. The van der Waals surface area contributed by atoms with E-state index in [9.17, 15) is 10.1 Å². The van der Waals surface area contributed by atoms with Crippen molar-refractivity contribution < 1.29 is 14.3 Å². The van der Waals surface area contributed by atoms with Crippen LogP contribution in [0.2, 0.25) is 5.02 Å². The van der Waals surface area contributed by atoms with Crippen molar-refractivity contribution in [1.82, 2.24) is 0 Å². The molecule has 0 N–H and O–H groups in total. The Kier molecular flexibility index (Phi) is 8.29. The minimum atomic E-state index is -0.330. The van der Waals surface area contributed by atoms with Crippen molar-refractivity contribution >= 4 is 29.2 Å². The smallest absolute Gasteiger partial charge is 0.311 e. The Labute approximate surface area is 200 Å². The summed E-state index contributed by atoms with van der Waals surface area (Å²) >= 11 is 5.93. The molecule has 0 aromatic heterocycles. The number of nitriles is 1. The fourth-order valence-corrected chi connectivity index (χ4v) is 3.45. The molecule has 33 heavy (non-hydrogen) atoms. The number of carbonyl (C=O) groups excluding carboxylic acids is 1. The molecule has 0 aliphatic heterocycles. The van der Waals surface area contributed by atoms with Crippen molar-refractivity contribution in [3.05, 3.63) is 94.0 Å². The maximum absolute atomic E-state index is 12.4. The number of nitrogens with zero attached hydrogens (tertiary/aromatic N) is 1. The SMILES string of the molecule is COc1cc(/C=C(\C#N)c2ccc(Cl)cc2)ccc1OC(=O)CCc1ccc(C(C)C)cc1. The summed E-state index contributed by atoms with van der Waals surface area (Å²) in [6.45, 7) is 4.30. The van der Waals surface area contributed by atoms with Gasteiger partial charge in [-0.1, -0.05) is 67.9 Å². The van der Waals surface area contributed by atoms with E-state index in [1.165, 1.54) is 12.7 Å². The van der Waals surface area contributed by atoms with Gasteiger partial charge >= 0.3 is 5.97 Å². The van der Waals surface area contributed by atoms with Crippen molar-refractivity contribution in [2.75, 3.05) is 7.11 Å². The van der Waals surface area contributed by atoms with Gasteiger partial charge in [-0.3, -0.25) is 4.79 Å². The van der Waals surface area contributed by atoms with Gasteiger partial charge < -0.3 is 9.47 Å². The summed E-state index contributed by atoms with van der Waals surface area (Å²) in [5.74, 6) is 0.916. The molecule has 5 heteroatoms. The summed E-state index contributed by atoms with van der Waals surface area (Å²) in [5, 5.41) is 10.2. The molecular weight excluding hydrogens is 434 g/mol. The predicted molar refractivity (Wildman–Crippen MR) is 132 cm³/mol. The van der Waals surface area contributed by atoms with Crippen molar-refractivity contribution in [2.24, 2.45) is 0 Å². The molecule has 3 aromatic carbocycles. The molecule has 0 aliphatic rings. The highest BCUT2D eigenvalue weighted by Crippen LogP contribution is 2.30. The monoisotopic (exact) mass is 459 g/mol. The number of allylic oxidation sites excluding steroid dienone is 1. The van der Waals surface area contributed by atoms with Crippen molar-refractivity contribution in [1.29, 1.82) is 5.26 Å². The molecule has 3 aromatic rings. The number of hydrogen-bond donors (Lipinski definition) is 0. The lowest BCUT2D eigenvalue weighted by Gasteiger charge is -2.11. The second kappa shape index (κ2) is 11.4. The van der Waals surface area contributed by atoms with Crippen LogP contribution < -0.4 is 9.47 Å². The molecule has 0 unspecified atom stereocenters. The van der Waals surface area contributed by atoms with Crippen LogP contribution in [0.25, 0.3) is 11.6 Å². The first-order chi connectivity index (χ1) is 15.9. The number of rotatable bonds is 8. The first kappa shape index (κ1) is 24.1. The number of esters is 1. The molecular formula is C28H26ClNO3. The van der Waals surface area contributed by atoms with Gasteiger partial charge in [-0.05, 0) is 64.9 Å². The Morgan fingerprint density at radius 3 is 2.33 bits per heavy atom. The van der Waals surface area contributed by atoms with Gasteiger partial charge in [0.15, 0.2) is 11.5 Å². The number of halogens is 1. The molecule has 0 saturated carbocycles. The largest absolute Gasteiger partial charge is 0.493 e. The molecule has 0 spiro atoms. The first-order valence-electron chi connectivity index (χ1n) is 10.7. The van der Waals surface area contributed by atoms with Crippen LogP contribution in [-0.4, -0.2) is 13.1 Å². The molecule has 3 rings (SSSR count). The summed E-state index contributed by atoms with van der Waals surface area (Å²) in [5.41, 5.74) is 4.37. The van der Waals surface area contributed by atoms with Crippen LogP contribution in [0.1, 0.15) is 48.4 Å². The molecule has 168 valence electrons. The lowest BCUT2D eigenvalue weighted by molar-refractivity contribution is -0.134. The molecule has 0 heterocycles. The summed E-state index contributed by atoms with van der Waals surface area (Å²) in [6.07, 6.45) is 2.62. The summed E-state index contributed by atoms with van der Waals surface area (Å²) in [7, 11) is 1.51. The maximum Gasteiger partial charge on any atom is 0.311 e. The predicted octanol–water partition coefficient (Wildman–Crippen LogP) is 7.07. The Balaban J connectivity index is 1.68. The fraction of sp³-hybridized carbons (Fsp3) is 0.214. The molecule has 0 amide bonds. The van der Waals surface area contributed by atoms with E-state index in [1.807, 2.05) is 0 Å². The zero-order valence-electron chi connectivity index (χ0n) is 19.0. The molecule has 0 fully saturated rings. The molecule has 0 aliphatic carbocycles. The Hall–Kier alpha value is -3.55. The van der Waals surface area contributed by atoms with Crippen LogP contribution in [0, 0.1) is 11.3 Å².